The van der Waals surface area contributed by atoms with Crippen LogP contribution >= 0.6 is 11.8 Å². The molecule has 0 bridgehead atoms. The lowest BCUT2D eigenvalue weighted by atomic mass is 9.76. The lowest BCUT2D eigenvalue weighted by Crippen LogP contribution is -2.58. The molecule has 55 heavy (non-hydrogen) atoms. The first-order valence-corrected chi connectivity index (χ1v) is 19.1. The highest BCUT2D eigenvalue weighted by Gasteiger charge is 2.43. The van der Waals surface area contributed by atoms with Crippen molar-refractivity contribution < 1.29 is 23.9 Å². The first-order valence-electron chi connectivity index (χ1n) is 18.1. The topological polar surface area (TPSA) is 93.7 Å². The van der Waals surface area contributed by atoms with E-state index in [1.165, 1.54) is 14.2 Å². The lowest BCUT2D eigenvalue weighted by Gasteiger charge is -2.41. The van der Waals surface area contributed by atoms with Crippen LogP contribution in [0.15, 0.2) is 182 Å². The van der Waals surface area contributed by atoms with E-state index in [0.717, 1.165) is 33.4 Å². The summed E-state index contributed by atoms with van der Waals surface area (Å²) in [7, 11) is 2.47. The third-order valence-electron chi connectivity index (χ3n) is 9.74. The number of carbonyl (C=O) groups is 3. The molecule has 7 nitrogen and oxygen atoms in total. The second-order valence-electron chi connectivity index (χ2n) is 13.0. The Kier molecular flexibility index (Phi) is 13.0. The Morgan fingerprint density at radius 1 is 0.509 bits per heavy atom. The molecule has 2 atom stereocenters. The number of benzene rings is 6. The molecule has 0 aliphatic heterocycles. The maximum atomic E-state index is 15.0. The summed E-state index contributed by atoms with van der Waals surface area (Å²) in [5, 5.41) is 6.75. The Morgan fingerprint density at radius 2 is 0.855 bits per heavy atom. The molecule has 0 saturated carbocycles. The van der Waals surface area contributed by atoms with Gasteiger partial charge in [-0.15, -0.1) is 11.8 Å². The van der Waals surface area contributed by atoms with E-state index in [0.29, 0.717) is 0 Å². The predicted molar refractivity (Wildman–Crippen MR) is 218 cm³/mol. The van der Waals surface area contributed by atoms with Crippen molar-refractivity contribution in [3.8, 4) is 0 Å². The van der Waals surface area contributed by atoms with Gasteiger partial charge in [-0.2, -0.15) is 0 Å². The monoisotopic (exact) mass is 748 g/mol. The van der Waals surface area contributed by atoms with Gasteiger partial charge in [0.1, 0.15) is 6.04 Å². The minimum atomic E-state index is -1.28. The standard InChI is InChI=1S/C47H44N2O5S/c1-53-43(50)33-41(45(52)54-2)48-44(51)42(49-46(35-21-9-3-10-22-35,36-23-11-4-12-24-36)37-25-13-5-14-26-37)34-55-47(38-27-15-6-16-28-38,39-29-17-7-18-30-39)40-31-19-8-20-32-40/h3-32,41-42,49H,33-34H2,1-2H3,(H,48,51)/t41-,42+/m1/s1. The molecule has 1 amide bonds. The maximum absolute atomic E-state index is 15.0. The fraction of sp³-hybridized carbons (Fsp3) is 0.170. The molecule has 0 heterocycles. The molecule has 0 aliphatic rings. The number of ether oxygens (including phenoxy) is 2. The van der Waals surface area contributed by atoms with E-state index in [-0.39, 0.29) is 5.75 Å². The summed E-state index contributed by atoms with van der Waals surface area (Å²) in [5.74, 6) is -1.66. The van der Waals surface area contributed by atoms with Crippen molar-refractivity contribution in [1.29, 1.82) is 0 Å². The van der Waals surface area contributed by atoms with Crippen LogP contribution < -0.4 is 10.6 Å². The summed E-state index contributed by atoms with van der Waals surface area (Å²) in [4.78, 5) is 40.6. The Bertz CT molecular complexity index is 1930. The van der Waals surface area contributed by atoms with E-state index >= 15 is 0 Å². The third kappa shape index (κ3) is 8.56. The molecule has 0 aromatic heterocycles. The van der Waals surface area contributed by atoms with Gasteiger partial charge in [0, 0.05) is 5.75 Å². The van der Waals surface area contributed by atoms with Crippen LogP contribution in [0.4, 0.5) is 0 Å². The van der Waals surface area contributed by atoms with E-state index in [4.69, 9.17) is 9.47 Å². The highest BCUT2D eigenvalue weighted by molar-refractivity contribution is 8.00. The van der Waals surface area contributed by atoms with Crippen LogP contribution in [0.3, 0.4) is 0 Å². The van der Waals surface area contributed by atoms with Crippen LogP contribution in [0.2, 0.25) is 0 Å². The number of esters is 2. The molecule has 2 N–H and O–H groups in total. The fourth-order valence-corrected chi connectivity index (χ4v) is 8.65. The quantitative estimate of drug-likeness (QED) is 0.0769. The Hall–Kier alpha value is -5.96. The lowest BCUT2D eigenvalue weighted by molar-refractivity contribution is -0.150. The normalized spacial score (nSPS) is 12.5. The van der Waals surface area contributed by atoms with Crippen LogP contribution in [0.5, 0.6) is 0 Å². The van der Waals surface area contributed by atoms with E-state index in [1.807, 2.05) is 146 Å². The molecule has 0 unspecified atom stereocenters. The second-order valence-corrected chi connectivity index (χ2v) is 14.2. The molecule has 0 radical (unpaired) electrons. The average Bonchev–Trinajstić information content (AvgIpc) is 3.26. The number of rotatable bonds is 16. The van der Waals surface area contributed by atoms with Gasteiger partial charge in [0.2, 0.25) is 5.91 Å². The number of hydrogen-bond acceptors (Lipinski definition) is 7. The molecule has 0 spiro atoms. The van der Waals surface area contributed by atoms with Gasteiger partial charge in [-0.25, -0.2) is 4.79 Å². The van der Waals surface area contributed by atoms with Crippen LogP contribution in [-0.2, 0) is 34.1 Å². The van der Waals surface area contributed by atoms with Gasteiger partial charge in [-0.1, -0.05) is 182 Å². The van der Waals surface area contributed by atoms with Crippen LogP contribution in [0, 0.1) is 0 Å². The number of nitrogens with one attached hydrogen (secondary N) is 2. The Labute approximate surface area is 327 Å². The van der Waals surface area contributed by atoms with Crippen molar-refractivity contribution in [3.63, 3.8) is 0 Å². The minimum Gasteiger partial charge on any atom is -0.469 e. The summed E-state index contributed by atoms with van der Waals surface area (Å²) in [5.41, 5.74) is 4.81. The molecule has 6 aromatic rings. The Balaban J connectivity index is 1.55. The van der Waals surface area contributed by atoms with Gasteiger partial charge in [0.05, 0.1) is 37.0 Å². The van der Waals surface area contributed by atoms with Gasteiger partial charge in [-0.05, 0) is 33.4 Å². The highest BCUT2D eigenvalue weighted by Crippen LogP contribution is 2.49. The second kappa shape index (κ2) is 18.4. The highest BCUT2D eigenvalue weighted by atomic mass is 32.2. The molecule has 6 aromatic carbocycles. The van der Waals surface area contributed by atoms with Crippen molar-refractivity contribution >= 4 is 29.6 Å². The van der Waals surface area contributed by atoms with Crippen molar-refractivity contribution in [3.05, 3.63) is 215 Å². The summed E-state index contributed by atoms with van der Waals surface area (Å²) >= 11 is 1.62. The third-order valence-corrected chi connectivity index (χ3v) is 11.4. The summed E-state index contributed by atoms with van der Waals surface area (Å²) in [6.45, 7) is 0. The van der Waals surface area contributed by atoms with Crippen molar-refractivity contribution in [2.24, 2.45) is 0 Å². The largest absolute Gasteiger partial charge is 0.469 e. The van der Waals surface area contributed by atoms with Crippen molar-refractivity contribution in [1.82, 2.24) is 10.6 Å². The van der Waals surface area contributed by atoms with Crippen molar-refractivity contribution in [2.75, 3.05) is 20.0 Å². The van der Waals surface area contributed by atoms with Crippen LogP contribution in [0.25, 0.3) is 0 Å². The maximum Gasteiger partial charge on any atom is 0.328 e. The fourth-order valence-electron chi connectivity index (χ4n) is 7.09. The zero-order valence-electron chi connectivity index (χ0n) is 30.8. The molecule has 0 fully saturated rings. The molecule has 0 aliphatic carbocycles. The van der Waals surface area contributed by atoms with E-state index < -0.39 is 46.6 Å². The predicted octanol–water partition coefficient (Wildman–Crippen LogP) is 7.88. The van der Waals surface area contributed by atoms with E-state index in [1.54, 1.807) is 11.8 Å². The molecular weight excluding hydrogens is 705 g/mol. The number of methoxy groups -OCH3 is 2. The molecule has 278 valence electrons. The first kappa shape index (κ1) is 38.8. The summed E-state index contributed by atoms with van der Waals surface area (Å²) < 4.78 is 9.18. The molecular formula is C47H44N2O5S. The van der Waals surface area contributed by atoms with Gasteiger partial charge >= 0.3 is 11.9 Å². The van der Waals surface area contributed by atoms with Crippen LogP contribution in [0.1, 0.15) is 39.8 Å². The summed E-state index contributed by atoms with van der Waals surface area (Å²) in [6, 6.07) is 58.7. The van der Waals surface area contributed by atoms with E-state index in [2.05, 4.69) is 47.0 Å². The van der Waals surface area contributed by atoms with Gasteiger partial charge < -0.3 is 14.8 Å². The molecule has 6 rings (SSSR count). The van der Waals surface area contributed by atoms with Gasteiger partial charge in [0.25, 0.3) is 0 Å². The SMILES string of the molecule is COC(=O)C[C@@H](NC(=O)[C@H](CSC(c1ccccc1)(c1ccccc1)c1ccccc1)NC(c1ccccc1)(c1ccccc1)c1ccccc1)C(=O)OC. The zero-order valence-corrected chi connectivity index (χ0v) is 31.7. The minimum absolute atomic E-state index is 0.227. The molecule has 0 saturated heterocycles. The van der Waals surface area contributed by atoms with Crippen LogP contribution in [-0.4, -0.2) is 49.9 Å². The summed E-state index contributed by atoms with van der Waals surface area (Å²) in [6.07, 6.45) is -0.391. The van der Waals surface area contributed by atoms with Gasteiger partial charge in [0.15, 0.2) is 0 Å². The number of thioether (sulfide) groups is 1. The van der Waals surface area contributed by atoms with Crippen molar-refractivity contribution in [2.45, 2.75) is 28.8 Å². The number of amides is 1. The smallest absolute Gasteiger partial charge is 0.328 e. The molecule has 8 heteroatoms. The first-order chi connectivity index (χ1) is 26.9. The Morgan fingerprint density at radius 3 is 1.18 bits per heavy atom. The van der Waals surface area contributed by atoms with Gasteiger partial charge in [-0.3, -0.25) is 14.9 Å². The van der Waals surface area contributed by atoms with E-state index in [9.17, 15) is 14.4 Å². The zero-order chi connectivity index (χ0) is 38.5. The number of carbonyl (C=O) groups excluding carboxylic acids is 3. The number of hydrogen-bond donors (Lipinski definition) is 2. The average molecular weight is 749 g/mol.